The third-order valence-electron chi connectivity index (χ3n) is 7.78. The summed E-state index contributed by atoms with van der Waals surface area (Å²) in [5, 5.41) is 9.72. The summed E-state index contributed by atoms with van der Waals surface area (Å²) in [7, 11) is -7.01. The number of likely N-dealkylation sites (N-methyl/N-ethyl adjacent to an activating group) is 1. The second kappa shape index (κ2) is 12.4. The van der Waals surface area contributed by atoms with E-state index in [1.54, 1.807) is 44.2 Å². The van der Waals surface area contributed by atoms with E-state index in [0.29, 0.717) is 17.0 Å². The number of carboxylic acids is 1. The number of anilines is 1. The summed E-state index contributed by atoms with van der Waals surface area (Å²) in [5.41, 5.74) is 2.57. The predicted octanol–water partition coefficient (Wildman–Crippen LogP) is 5.80. The van der Waals surface area contributed by atoms with Crippen LogP contribution < -0.4 is 4.90 Å². The molecule has 44 heavy (non-hydrogen) atoms. The fraction of sp³-hybridized carbons (Fsp3) is 0.267. The Morgan fingerprint density at radius 3 is 2.23 bits per heavy atom. The average molecular weight is 866 g/mol. The number of hydrogen-bond acceptors (Lipinski definition) is 6. The van der Waals surface area contributed by atoms with Crippen LogP contribution in [0.25, 0.3) is 0 Å². The van der Waals surface area contributed by atoms with Crippen LogP contribution in [0.3, 0.4) is 0 Å². The van der Waals surface area contributed by atoms with E-state index in [9.17, 15) is 35.8 Å². The number of nitrogens with zero attached hydrogens (tertiary/aromatic N) is 2. The first-order valence-corrected chi connectivity index (χ1v) is 18.4. The molecule has 0 fully saturated rings. The Hall–Kier alpha value is -2.38. The Bertz CT molecular complexity index is 1930. The number of hydrogen-bond donors (Lipinski definition) is 3. The number of allylic oxidation sites excluding steroid dienone is 8. The minimum atomic E-state index is -4.49. The van der Waals surface area contributed by atoms with E-state index in [1.165, 1.54) is 22.8 Å². The maximum absolute atomic E-state index is 11.9. The standard InChI is InChI=1S/C30H30I2N2O8S2/c1-29(2)21-16-20(44(40,41)42)12-13-23(21)34(18-43(37,38)39)25(29)10-8-6-5-7-9-11-26-30(3,17-27(35)36)28-22(32)14-19(31)15-24(28)33(26)4/h5-16H,17-18H2,1-4H3,(H2-,35,36,37,38,39,40,41,42)/p+1. The Morgan fingerprint density at radius 2 is 1.61 bits per heavy atom. The zero-order valence-electron chi connectivity index (χ0n) is 24.2. The molecule has 4 rings (SSSR count). The van der Waals surface area contributed by atoms with Gasteiger partial charge in [0.15, 0.2) is 5.71 Å². The van der Waals surface area contributed by atoms with Crippen LogP contribution in [0.2, 0.25) is 0 Å². The Morgan fingerprint density at radius 1 is 0.977 bits per heavy atom. The van der Waals surface area contributed by atoms with Crippen LogP contribution in [0.1, 0.15) is 38.3 Å². The summed E-state index contributed by atoms with van der Waals surface area (Å²) >= 11 is 4.51. The van der Waals surface area contributed by atoms with Gasteiger partial charge in [0.05, 0.1) is 16.7 Å². The van der Waals surface area contributed by atoms with Crippen LogP contribution in [0.15, 0.2) is 83.5 Å². The molecular formula is C30H31I2N2O8S2+. The smallest absolute Gasteiger partial charge is 0.326 e. The molecule has 14 heteroatoms. The van der Waals surface area contributed by atoms with Crippen LogP contribution in [0, 0.1) is 7.14 Å². The lowest BCUT2D eigenvalue weighted by molar-refractivity contribution is -0.416. The highest BCUT2D eigenvalue weighted by Crippen LogP contribution is 2.51. The molecule has 2 aromatic rings. The average Bonchev–Trinajstić information content (AvgIpc) is 3.20. The molecule has 2 heterocycles. The summed E-state index contributed by atoms with van der Waals surface area (Å²) in [6, 6.07) is 7.96. The SMILES string of the molecule is CN1C(=CC=CC=CC=CC2=[N+](CS(=O)(=O)O)c3ccc(S(=O)(=O)O)cc3C2(C)C)C(C)(CC(=O)O)c2c(I)cc(I)cc21. The highest BCUT2D eigenvalue weighted by atomic mass is 127. The zero-order valence-corrected chi connectivity index (χ0v) is 30.1. The molecule has 0 saturated carbocycles. The molecule has 3 N–H and O–H groups in total. The minimum Gasteiger partial charge on any atom is -0.481 e. The van der Waals surface area contributed by atoms with Crippen LogP contribution >= 0.6 is 45.2 Å². The molecule has 1 atom stereocenters. The van der Waals surface area contributed by atoms with Gasteiger partial charge in [-0.3, -0.25) is 13.9 Å². The molecule has 2 aliphatic rings. The lowest BCUT2D eigenvalue weighted by Crippen LogP contribution is -2.29. The van der Waals surface area contributed by atoms with Crippen molar-refractivity contribution in [1.29, 1.82) is 0 Å². The number of carbonyl (C=O) groups is 1. The molecule has 1 unspecified atom stereocenters. The number of benzene rings is 2. The summed E-state index contributed by atoms with van der Waals surface area (Å²) in [5.74, 6) is -1.64. The predicted molar refractivity (Wildman–Crippen MR) is 186 cm³/mol. The quantitative estimate of drug-likeness (QED) is 0.123. The molecule has 10 nitrogen and oxygen atoms in total. The molecule has 0 aliphatic carbocycles. The molecule has 234 valence electrons. The van der Waals surface area contributed by atoms with Gasteiger partial charge in [-0.25, -0.2) is 0 Å². The summed E-state index contributed by atoms with van der Waals surface area (Å²) < 4.78 is 69.8. The second-order valence-electron chi connectivity index (χ2n) is 11.2. The van der Waals surface area contributed by atoms with Gasteiger partial charge < -0.3 is 10.0 Å². The van der Waals surface area contributed by atoms with Crippen molar-refractivity contribution >= 4 is 88.5 Å². The van der Waals surface area contributed by atoms with Crippen molar-refractivity contribution in [3.05, 3.63) is 96.8 Å². The van der Waals surface area contributed by atoms with Gasteiger partial charge in [-0.05, 0) is 96.3 Å². The Labute approximate surface area is 284 Å². The van der Waals surface area contributed by atoms with Gasteiger partial charge in [0.2, 0.25) is 5.69 Å². The van der Waals surface area contributed by atoms with Crippen molar-refractivity contribution < 1.29 is 40.4 Å². The number of carboxylic acid groups (broad SMARTS) is 1. The number of halogens is 2. The first-order chi connectivity index (χ1) is 20.3. The maximum atomic E-state index is 11.9. The van der Waals surface area contributed by atoms with E-state index in [2.05, 4.69) is 45.2 Å². The molecule has 0 radical (unpaired) electrons. The lowest BCUT2D eigenvalue weighted by Gasteiger charge is -2.27. The van der Waals surface area contributed by atoms with Gasteiger partial charge in [0, 0.05) is 54.3 Å². The number of aliphatic carboxylic acids is 1. The van der Waals surface area contributed by atoms with Crippen molar-refractivity contribution in [3.63, 3.8) is 0 Å². The summed E-state index contributed by atoms with van der Waals surface area (Å²) in [6.45, 7) is 5.50. The molecule has 0 bridgehead atoms. The maximum Gasteiger partial charge on any atom is 0.326 e. The van der Waals surface area contributed by atoms with Gasteiger partial charge in [-0.15, -0.1) is 0 Å². The van der Waals surface area contributed by atoms with Crippen molar-refractivity contribution in [2.75, 3.05) is 17.8 Å². The van der Waals surface area contributed by atoms with Crippen molar-refractivity contribution in [1.82, 2.24) is 0 Å². The van der Waals surface area contributed by atoms with E-state index in [1.807, 2.05) is 43.2 Å². The fourth-order valence-corrected chi connectivity index (χ4v) is 9.40. The molecule has 0 aromatic heterocycles. The van der Waals surface area contributed by atoms with E-state index >= 15 is 0 Å². The van der Waals surface area contributed by atoms with Crippen LogP contribution in [-0.2, 0) is 35.9 Å². The van der Waals surface area contributed by atoms with Crippen molar-refractivity contribution in [2.45, 2.75) is 42.9 Å². The van der Waals surface area contributed by atoms with Gasteiger partial charge >= 0.3 is 16.1 Å². The lowest BCUT2D eigenvalue weighted by atomic mass is 9.78. The van der Waals surface area contributed by atoms with Crippen LogP contribution in [0.4, 0.5) is 11.4 Å². The normalized spacial score (nSPS) is 20.9. The van der Waals surface area contributed by atoms with E-state index in [4.69, 9.17) is 0 Å². The van der Waals surface area contributed by atoms with Gasteiger partial charge in [0.25, 0.3) is 16.0 Å². The first kappa shape index (κ1) is 34.5. The molecule has 2 aliphatic heterocycles. The zero-order chi connectivity index (χ0) is 32.8. The molecule has 2 aromatic carbocycles. The number of rotatable bonds is 9. The van der Waals surface area contributed by atoms with E-state index in [0.717, 1.165) is 24.1 Å². The van der Waals surface area contributed by atoms with Crippen LogP contribution in [-0.4, -0.2) is 60.2 Å². The highest BCUT2D eigenvalue weighted by molar-refractivity contribution is 14.1. The van der Waals surface area contributed by atoms with Gasteiger partial charge in [-0.1, -0.05) is 30.4 Å². The summed E-state index contributed by atoms with van der Waals surface area (Å²) in [4.78, 5) is 13.6. The van der Waals surface area contributed by atoms with Crippen molar-refractivity contribution in [3.8, 4) is 0 Å². The topological polar surface area (TPSA) is 152 Å². The molecule has 0 amide bonds. The Kier molecular flexibility index (Phi) is 9.74. The van der Waals surface area contributed by atoms with Crippen molar-refractivity contribution in [2.24, 2.45) is 0 Å². The fourth-order valence-electron chi connectivity index (χ4n) is 5.88. The van der Waals surface area contributed by atoms with E-state index in [-0.39, 0.29) is 11.3 Å². The number of fused-ring (bicyclic) bond motifs is 2. The second-order valence-corrected chi connectivity index (χ2v) is 16.5. The van der Waals surface area contributed by atoms with Gasteiger partial charge in [-0.2, -0.15) is 21.4 Å². The van der Waals surface area contributed by atoms with Crippen LogP contribution in [0.5, 0.6) is 0 Å². The minimum absolute atomic E-state index is 0.0677. The summed E-state index contributed by atoms with van der Waals surface area (Å²) in [6.07, 6.45) is 12.3. The third kappa shape index (κ3) is 6.89. The monoisotopic (exact) mass is 865 g/mol. The largest absolute Gasteiger partial charge is 0.481 e. The van der Waals surface area contributed by atoms with E-state index < -0.39 is 42.9 Å². The molecular weight excluding hydrogens is 834 g/mol. The highest BCUT2D eigenvalue weighted by Gasteiger charge is 2.47. The molecule has 0 spiro atoms. The first-order valence-electron chi connectivity index (χ1n) is 13.2. The molecule has 0 saturated heterocycles. The third-order valence-corrected chi connectivity index (χ3v) is 10.7. The van der Waals surface area contributed by atoms with Gasteiger partial charge in [0.1, 0.15) is 0 Å². The Balaban J connectivity index is 1.63.